The predicted octanol–water partition coefficient (Wildman–Crippen LogP) is 2.43. The molecule has 0 bridgehead atoms. The van der Waals surface area contributed by atoms with Crippen molar-refractivity contribution in [3.63, 3.8) is 0 Å². The van der Waals surface area contributed by atoms with E-state index < -0.39 is 6.10 Å². The predicted molar refractivity (Wildman–Crippen MR) is 82.2 cm³/mol. The van der Waals surface area contributed by atoms with Gasteiger partial charge in [0.05, 0.1) is 18.6 Å². The van der Waals surface area contributed by atoms with Gasteiger partial charge in [-0.2, -0.15) is 0 Å². The van der Waals surface area contributed by atoms with E-state index in [1.165, 1.54) is 0 Å². The summed E-state index contributed by atoms with van der Waals surface area (Å²) in [6.07, 6.45) is 2.73. The topological polar surface area (TPSA) is 58.6 Å². The molecular formula is C17H25NO3. The second kappa shape index (κ2) is 7.46. The molecule has 3 atom stereocenters. The minimum Gasteiger partial charge on any atom is -0.489 e. The summed E-state index contributed by atoms with van der Waals surface area (Å²) in [5, 5.41) is 12.7. The van der Waals surface area contributed by atoms with Crippen LogP contribution in [0, 0.1) is 12.8 Å². The molecule has 0 spiro atoms. The van der Waals surface area contributed by atoms with Crippen molar-refractivity contribution < 1.29 is 14.6 Å². The van der Waals surface area contributed by atoms with Crippen LogP contribution in [-0.2, 0) is 4.79 Å². The van der Waals surface area contributed by atoms with Crippen molar-refractivity contribution in [2.24, 2.45) is 5.92 Å². The van der Waals surface area contributed by atoms with Crippen LogP contribution in [0.1, 0.15) is 38.2 Å². The molecule has 1 aliphatic rings. The van der Waals surface area contributed by atoms with E-state index in [9.17, 15) is 9.90 Å². The van der Waals surface area contributed by atoms with Gasteiger partial charge in [0.25, 0.3) is 0 Å². The molecule has 1 saturated carbocycles. The Morgan fingerprint density at radius 3 is 2.90 bits per heavy atom. The number of carbonyl (C=O) groups is 1. The lowest BCUT2D eigenvalue weighted by molar-refractivity contribution is -0.127. The minimum atomic E-state index is -0.484. The summed E-state index contributed by atoms with van der Waals surface area (Å²) in [7, 11) is 0. The van der Waals surface area contributed by atoms with Crippen LogP contribution in [0.4, 0.5) is 0 Å². The zero-order chi connectivity index (χ0) is 15.2. The minimum absolute atomic E-state index is 0.0469. The van der Waals surface area contributed by atoms with Gasteiger partial charge in [0.1, 0.15) is 11.9 Å². The van der Waals surface area contributed by atoms with E-state index in [0.29, 0.717) is 6.54 Å². The number of aliphatic hydroxyl groups is 1. The van der Waals surface area contributed by atoms with Crippen molar-refractivity contribution >= 4 is 5.91 Å². The van der Waals surface area contributed by atoms with E-state index in [4.69, 9.17) is 4.74 Å². The normalized spacial score (nSPS) is 22.8. The molecule has 0 heterocycles. The molecule has 2 N–H and O–H groups in total. The summed E-state index contributed by atoms with van der Waals surface area (Å²) < 4.78 is 5.91. The number of nitrogens with one attached hydrogen (secondary N) is 1. The van der Waals surface area contributed by atoms with Crippen molar-refractivity contribution in [3.8, 4) is 5.75 Å². The zero-order valence-electron chi connectivity index (χ0n) is 12.8. The van der Waals surface area contributed by atoms with E-state index >= 15 is 0 Å². The lowest BCUT2D eigenvalue weighted by atomic mass is 10.1. The van der Waals surface area contributed by atoms with E-state index in [1.54, 1.807) is 0 Å². The average molecular weight is 291 g/mol. The van der Waals surface area contributed by atoms with Gasteiger partial charge in [-0.1, -0.05) is 19.1 Å². The highest BCUT2D eigenvalue weighted by molar-refractivity contribution is 5.79. The summed E-state index contributed by atoms with van der Waals surface area (Å²) in [6, 6.07) is 7.91. The number of rotatable bonds is 6. The molecule has 0 aliphatic heterocycles. The van der Waals surface area contributed by atoms with E-state index in [0.717, 1.165) is 37.0 Å². The molecule has 116 valence electrons. The van der Waals surface area contributed by atoms with Gasteiger partial charge >= 0.3 is 0 Å². The van der Waals surface area contributed by atoms with Crippen LogP contribution in [0.5, 0.6) is 5.75 Å². The third-order valence-corrected chi connectivity index (χ3v) is 4.07. The van der Waals surface area contributed by atoms with Gasteiger partial charge in [-0.3, -0.25) is 4.79 Å². The number of ether oxygens (including phenoxy) is 1. The number of aryl methyl sites for hydroxylation is 1. The largest absolute Gasteiger partial charge is 0.489 e. The van der Waals surface area contributed by atoms with E-state index in [-0.39, 0.29) is 17.9 Å². The highest BCUT2D eigenvalue weighted by Crippen LogP contribution is 2.25. The molecule has 1 aromatic rings. The number of aliphatic hydroxyl groups excluding tert-OH is 1. The van der Waals surface area contributed by atoms with Gasteiger partial charge < -0.3 is 15.2 Å². The monoisotopic (exact) mass is 291 g/mol. The zero-order valence-corrected chi connectivity index (χ0v) is 12.8. The standard InChI is InChI=1S/C17H25NO3/c1-3-13(21-14-7-4-6-12(2)10-14)11-18-17(20)15-8-5-9-16(15)19/h4,6-7,10,13,15-16,19H,3,5,8-9,11H2,1-2H3,(H,18,20). The second-order valence-corrected chi connectivity index (χ2v) is 5.81. The fourth-order valence-electron chi connectivity index (χ4n) is 2.74. The number of carbonyl (C=O) groups excluding carboxylic acids is 1. The van der Waals surface area contributed by atoms with Crippen LogP contribution < -0.4 is 10.1 Å². The Kier molecular flexibility index (Phi) is 5.62. The number of hydrogen-bond acceptors (Lipinski definition) is 3. The third kappa shape index (κ3) is 4.46. The molecule has 4 heteroatoms. The van der Waals surface area contributed by atoms with Gasteiger partial charge in [0.2, 0.25) is 5.91 Å². The first-order valence-electron chi connectivity index (χ1n) is 7.79. The molecule has 1 aromatic carbocycles. The quantitative estimate of drug-likeness (QED) is 0.846. The first-order valence-corrected chi connectivity index (χ1v) is 7.79. The Morgan fingerprint density at radius 2 is 2.29 bits per heavy atom. The van der Waals surface area contributed by atoms with Gasteiger partial charge in [-0.05, 0) is 50.3 Å². The van der Waals surface area contributed by atoms with Crippen molar-refractivity contribution in [2.45, 2.75) is 51.7 Å². The van der Waals surface area contributed by atoms with E-state index in [1.807, 2.05) is 38.1 Å². The molecule has 1 amide bonds. The number of benzene rings is 1. The molecule has 1 aliphatic carbocycles. The lowest BCUT2D eigenvalue weighted by Crippen LogP contribution is -2.40. The molecule has 3 unspecified atom stereocenters. The van der Waals surface area contributed by atoms with Crippen LogP contribution in [0.2, 0.25) is 0 Å². The molecule has 0 aromatic heterocycles. The first-order chi connectivity index (χ1) is 10.1. The fourth-order valence-corrected chi connectivity index (χ4v) is 2.74. The van der Waals surface area contributed by atoms with Gasteiger partial charge in [-0.15, -0.1) is 0 Å². The Labute approximate surface area is 126 Å². The lowest BCUT2D eigenvalue weighted by Gasteiger charge is -2.20. The molecule has 0 radical (unpaired) electrons. The third-order valence-electron chi connectivity index (χ3n) is 4.07. The van der Waals surface area contributed by atoms with Crippen LogP contribution in [-0.4, -0.2) is 29.8 Å². The van der Waals surface area contributed by atoms with Crippen LogP contribution in [0.25, 0.3) is 0 Å². The highest BCUT2D eigenvalue weighted by Gasteiger charge is 2.31. The fraction of sp³-hybridized carbons (Fsp3) is 0.588. The van der Waals surface area contributed by atoms with Crippen molar-refractivity contribution in [1.29, 1.82) is 0 Å². The summed E-state index contributed by atoms with van der Waals surface area (Å²) in [5.74, 6) is 0.532. The van der Waals surface area contributed by atoms with Crippen molar-refractivity contribution in [1.82, 2.24) is 5.32 Å². The molecule has 1 fully saturated rings. The second-order valence-electron chi connectivity index (χ2n) is 5.81. The number of amides is 1. The van der Waals surface area contributed by atoms with Crippen LogP contribution in [0.15, 0.2) is 24.3 Å². The highest BCUT2D eigenvalue weighted by atomic mass is 16.5. The Balaban J connectivity index is 1.83. The average Bonchev–Trinajstić information content (AvgIpc) is 2.89. The van der Waals surface area contributed by atoms with Crippen LogP contribution >= 0.6 is 0 Å². The maximum absolute atomic E-state index is 12.1. The molecular weight excluding hydrogens is 266 g/mol. The Hall–Kier alpha value is -1.55. The maximum Gasteiger partial charge on any atom is 0.225 e. The van der Waals surface area contributed by atoms with Gasteiger partial charge in [-0.25, -0.2) is 0 Å². The summed E-state index contributed by atoms with van der Waals surface area (Å²) in [5.41, 5.74) is 1.15. The first kappa shape index (κ1) is 15.8. The molecule has 4 nitrogen and oxygen atoms in total. The smallest absolute Gasteiger partial charge is 0.225 e. The Morgan fingerprint density at radius 1 is 1.48 bits per heavy atom. The van der Waals surface area contributed by atoms with Crippen molar-refractivity contribution in [2.75, 3.05) is 6.54 Å². The number of hydrogen-bond donors (Lipinski definition) is 2. The summed E-state index contributed by atoms with van der Waals surface area (Å²) >= 11 is 0. The Bertz CT molecular complexity index is 475. The van der Waals surface area contributed by atoms with Crippen molar-refractivity contribution in [3.05, 3.63) is 29.8 Å². The molecule has 21 heavy (non-hydrogen) atoms. The van der Waals surface area contributed by atoms with Gasteiger partial charge in [0.15, 0.2) is 0 Å². The van der Waals surface area contributed by atoms with Gasteiger partial charge in [0, 0.05) is 0 Å². The molecule has 2 rings (SSSR count). The van der Waals surface area contributed by atoms with Crippen LogP contribution in [0.3, 0.4) is 0 Å². The summed E-state index contributed by atoms with van der Waals surface area (Å²) in [4.78, 5) is 12.1. The van der Waals surface area contributed by atoms with E-state index in [2.05, 4.69) is 5.32 Å². The maximum atomic E-state index is 12.1. The molecule has 0 saturated heterocycles. The summed E-state index contributed by atoms with van der Waals surface area (Å²) in [6.45, 7) is 4.54. The SMILES string of the molecule is CCC(CNC(=O)C1CCCC1O)Oc1cccc(C)c1.